The van der Waals surface area contributed by atoms with Crippen molar-refractivity contribution in [3.8, 4) is 11.4 Å². The summed E-state index contributed by atoms with van der Waals surface area (Å²) in [5.41, 5.74) is 2.10. The number of rotatable bonds is 12. The highest BCUT2D eigenvalue weighted by Gasteiger charge is 2.27. The Morgan fingerprint density at radius 2 is 1.95 bits per heavy atom. The molecule has 8 heteroatoms. The summed E-state index contributed by atoms with van der Waals surface area (Å²) in [4.78, 5) is 30.5. The van der Waals surface area contributed by atoms with Gasteiger partial charge in [0.1, 0.15) is 5.75 Å². The van der Waals surface area contributed by atoms with Crippen molar-refractivity contribution in [1.82, 2.24) is 20.2 Å². The zero-order chi connectivity index (χ0) is 26.4. The minimum absolute atomic E-state index is 0.118. The van der Waals surface area contributed by atoms with Crippen LogP contribution in [-0.2, 0) is 5.54 Å². The van der Waals surface area contributed by atoms with E-state index in [-0.39, 0.29) is 23.3 Å². The second-order valence-corrected chi connectivity index (χ2v) is 10.1. The van der Waals surface area contributed by atoms with Gasteiger partial charge in [-0.3, -0.25) is 14.2 Å². The summed E-state index contributed by atoms with van der Waals surface area (Å²) in [6.07, 6.45) is 7.25. The second-order valence-electron chi connectivity index (χ2n) is 10.1. The highest BCUT2D eigenvalue weighted by molar-refractivity contribution is 5.95. The third-order valence-electron chi connectivity index (χ3n) is 6.55. The largest absolute Gasteiger partial charge is 0.493 e. The van der Waals surface area contributed by atoms with Crippen LogP contribution in [0.5, 0.6) is 5.75 Å². The molecule has 0 unspecified atom stereocenters. The van der Waals surface area contributed by atoms with Gasteiger partial charge >= 0.3 is 0 Å². The van der Waals surface area contributed by atoms with Crippen LogP contribution in [0.15, 0.2) is 59.7 Å². The van der Waals surface area contributed by atoms with Crippen LogP contribution in [0.4, 0.5) is 5.82 Å². The lowest BCUT2D eigenvalue weighted by Crippen LogP contribution is -2.34. The number of carbonyl (C=O) groups excluding carboxylic acids is 1. The number of ether oxygens (including phenoxy) is 1. The molecule has 3 N–H and O–H groups in total. The molecule has 1 aliphatic carbocycles. The molecule has 1 amide bonds. The summed E-state index contributed by atoms with van der Waals surface area (Å²) in [7, 11) is 1.94. The number of aromatic nitrogens is 2. The van der Waals surface area contributed by atoms with Crippen LogP contribution < -0.4 is 26.2 Å². The molecule has 1 aliphatic rings. The van der Waals surface area contributed by atoms with Crippen molar-refractivity contribution < 1.29 is 9.53 Å². The number of para-hydroxylation sites is 1. The summed E-state index contributed by atoms with van der Waals surface area (Å²) in [6, 6.07) is 13.6. The number of carbonyl (C=O) groups is 1. The smallest absolute Gasteiger partial charge is 0.297 e. The van der Waals surface area contributed by atoms with E-state index in [1.54, 1.807) is 29.1 Å². The Morgan fingerprint density at radius 1 is 1.16 bits per heavy atom. The average Bonchev–Trinajstić information content (AvgIpc) is 3.70. The lowest BCUT2D eigenvalue weighted by Gasteiger charge is -2.29. The second kappa shape index (κ2) is 11.6. The molecule has 0 atom stereocenters. The Hall–Kier alpha value is -3.65. The summed E-state index contributed by atoms with van der Waals surface area (Å²) in [5, 5.41) is 9.50. The molecule has 0 radical (unpaired) electrons. The maximum Gasteiger partial charge on any atom is 0.297 e. The van der Waals surface area contributed by atoms with Gasteiger partial charge in [-0.1, -0.05) is 24.3 Å². The van der Waals surface area contributed by atoms with Gasteiger partial charge in [-0.2, -0.15) is 0 Å². The number of aryl methyl sites for hydroxylation is 1. The first-order chi connectivity index (χ1) is 17.8. The van der Waals surface area contributed by atoms with Crippen molar-refractivity contribution in [3.05, 3.63) is 81.9 Å². The molecule has 0 spiro atoms. The Bertz CT molecular complexity index is 1300. The van der Waals surface area contributed by atoms with Gasteiger partial charge in [0.25, 0.3) is 11.5 Å². The Morgan fingerprint density at radius 3 is 2.70 bits per heavy atom. The quantitative estimate of drug-likeness (QED) is 0.321. The van der Waals surface area contributed by atoms with Crippen LogP contribution in [0.3, 0.4) is 0 Å². The number of benzene rings is 2. The standard InChI is InChI=1S/C29H37N5O3/c1-20-11-12-21(27(35)32-22-13-14-22)19-24(20)34-17-16-31-26(28(34)36)33-29(2,3)23-9-5-6-10-25(23)37-18-8-7-15-30-4/h5-6,9-12,16-17,19,22,30H,7-8,13-15,18H2,1-4H3,(H,31,33)(H,32,35). The molecule has 1 fully saturated rings. The highest BCUT2D eigenvalue weighted by Crippen LogP contribution is 2.32. The van der Waals surface area contributed by atoms with Gasteiger partial charge in [-0.25, -0.2) is 4.98 Å². The fourth-order valence-corrected chi connectivity index (χ4v) is 4.25. The molecule has 2 aromatic carbocycles. The number of nitrogens with zero attached hydrogens (tertiary/aromatic N) is 2. The van der Waals surface area contributed by atoms with Crippen LogP contribution in [0.25, 0.3) is 5.69 Å². The third kappa shape index (κ3) is 6.57. The highest BCUT2D eigenvalue weighted by atomic mass is 16.5. The van der Waals surface area contributed by atoms with Crippen LogP contribution in [0, 0.1) is 6.92 Å². The molecule has 0 saturated heterocycles. The van der Waals surface area contributed by atoms with Gasteiger partial charge in [0, 0.05) is 29.6 Å². The molecule has 1 heterocycles. The molecule has 8 nitrogen and oxygen atoms in total. The normalized spacial score (nSPS) is 13.3. The maximum atomic E-state index is 13.6. The fourth-order valence-electron chi connectivity index (χ4n) is 4.25. The minimum atomic E-state index is -0.631. The SMILES string of the molecule is CNCCCCOc1ccccc1C(C)(C)Nc1nccn(-c2cc(C(=O)NC3CC3)ccc2C)c1=O. The first-order valence-electron chi connectivity index (χ1n) is 12.9. The van der Waals surface area contributed by atoms with E-state index >= 15 is 0 Å². The van der Waals surface area contributed by atoms with E-state index in [2.05, 4.69) is 20.9 Å². The predicted molar refractivity (Wildman–Crippen MR) is 147 cm³/mol. The van der Waals surface area contributed by atoms with Crippen LogP contribution in [0.2, 0.25) is 0 Å². The maximum absolute atomic E-state index is 13.6. The summed E-state index contributed by atoms with van der Waals surface area (Å²) in [5.74, 6) is 0.891. The Kier molecular flexibility index (Phi) is 8.28. The van der Waals surface area contributed by atoms with E-state index in [9.17, 15) is 9.59 Å². The zero-order valence-electron chi connectivity index (χ0n) is 22.1. The summed E-state index contributed by atoms with van der Waals surface area (Å²) in [6.45, 7) is 7.50. The van der Waals surface area contributed by atoms with Crippen molar-refractivity contribution in [2.75, 3.05) is 25.5 Å². The lowest BCUT2D eigenvalue weighted by atomic mass is 9.93. The molecule has 0 aliphatic heterocycles. The number of nitrogens with one attached hydrogen (secondary N) is 3. The van der Waals surface area contributed by atoms with Gasteiger partial charge < -0.3 is 20.7 Å². The molecule has 37 heavy (non-hydrogen) atoms. The topological polar surface area (TPSA) is 97.3 Å². The van der Waals surface area contributed by atoms with Crippen LogP contribution >= 0.6 is 0 Å². The van der Waals surface area contributed by atoms with E-state index in [1.165, 1.54) is 0 Å². The average molecular weight is 504 g/mol. The molecule has 1 saturated carbocycles. The van der Waals surface area contributed by atoms with E-state index in [4.69, 9.17) is 4.74 Å². The van der Waals surface area contributed by atoms with E-state index in [0.29, 0.717) is 17.9 Å². The predicted octanol–water partition coefficient (Wildman–Crippen LogP) is 4.16. The van der Waals surface area contributed by atoms with Gasteiger partial charge in [0.2, 0.25) is 0 Å². The number of hydrogen-bond acceptors (Lipinski definition) is 6. The number of anilines is 1. The Balaban J connectivity index is 1.57. The van der Waals surface area contributed by atoms with E-state index in [1.807, 2.05) is 58.2 Å². The molecular weight excluding hydrogens is 466 g/mol. The molecular formula is C29H37N5O3. The zero-order valence-corrected chi connectivity index (χ0v) is 22.1. The molecule has 1 aromatic heterocycles. The van der Waals surface area contributed by atoms with E-state index in [0.717, 1.165) is 49.1 Å². The summed E-state index contributed by atoms with van der Waals surface area (Å²) >= 11 is 0. The molecule has 4 rings (SSSR count). The molecule has 3 aromatic rings. The third-order valence-corrected chi connectivity index (χ3v) is 6.55. The summed E-state index contributed by atoms with van der Waals surface area (Å²) < 4.78 is 7.65. The number of amides is 1. The van der Waals surface area contributed by atoms with Crippen molar-refractivity contribution in [1.29, 1.82) is 0 Å². The number of unbranched alkanes of at least 4 members (excludes halogenated alkanes) is 1. The van der Waals surface area contributed by atoms with Gasteiger partial charge in [0.05, 0.1) is 17.8 Å². The van der Waals surface area contributed by atoms with Crippen molar-refractivity contribution >= 4 is 11.7 Å². The van der Waals surface area contributed by atoms with E-state index < -0.39 is 5.54 Å². The Labute approximate surface area is 218 Å². The molecule has 196 valence electrons. The van der Waals surface area contributed by atoms with Crippen LogP contribution in [0.1, 0.15) is 61.0 Å². The minimum Gasteiger partial charge on any atom is -0.493 e. The van der Waals surface area contributed by atoms with Crippen molar-refractivity contribution in [3.63, 3.8) is 0 Å². The number of hydrogen-bond donors (Lipinski definition) is 3. The monoisotopic (exact) mass is 503 g/mol. The first kappa shape index (κ1) is 26.4. The molecule has 0 bridgehead atoms. The van der Waals surface area contributed by atoms with Crippen molar-refractivity contribution in [2.45, 2.75) is 58.0 Å². The van der Waals surface area contributed by atoms with Gasteiger partial charge in [-0.05, 0) is 83.8 Å². The van der Waals surface area contributed by atoms with Crippen LogP contribution in [-0.4, -0.2) is 41.7 Å². The first-order valence-corrected chi connectivity index (χ1v) is 12.9. The lowest BCUT2D eigenvalue weighted by molar-refractivity contribution is 0.0951. The van der Waals surface area contributed by atoms with Crippen molar-refractivity contribution in [2.24, 2.45) is 0 Å². The van der Waals surface area contributed by atoms with Gasteiger partial charge in [0.15, 0.2) is 5.82 Å². The fraction of sp³-hybridized carbons (Fsp3) is 0.414. The van der Waals surface area contributed by atoms with Gasteiger partial charge in [-0.15, -0.1) is 0 Å².